The van der Waals surface area contributed by atoms with Gasteiger partial charge >= 0.3 is 0 Å². The monoisotopic (exact) mass is 259 g/mol. The van der Waals surface area contributed by atoms with Crippen molar-refractivity contribution in [2.45, 2.75) is 19.9 Å². The fraction of sp³-hybridized carbons (Fsp3) is 0.286. The van der Waals surface area contributed by atoms with Gasteiger partial charge in [0, 0.05) is 18.1 Å². The van der Waals surface area contributed by atoms with E-state index in [-0.39, 0.29) is 18.5 Å². The maximum absolute atomic E-state index is 11.7. The molecule has 2 heterocycles. The first-order valence-electron chi connectivity index (χ1n) is 6.15. The van der Waals surface area contributed by atoms with Crippen LogP contribution in [-0.2, 0) is 4.79 Å². The van der Waals surface area contributed by atoms with Crippen LogP contribution < -0.4 is 10.6 Å². The topological polar surface area (TPSA) is 67.2 Å². The highest BCUT2D eigenvalue weighted by atomic mass is 16.3. The molecule has 0 aromatic carbocycles. The van der Waals surface area contributed by atoms with E-state index >= 15 is 0 Å². The molecule has 0 saturated carbocycles. The van der Waals surface area contributed by atoms with Crippen molar-refractivity contribution in [2.24, 2.45) is 0 Å². The Morgan fingerprint density at radius 2 is 2.05 bits per heavy atom. The van der Waals surface area contributed by atoms with Crippen molar-refractivity contribution in [3.8, 4) is 0 Å². The number of aromatic nitrogens is 1. The van der Waals surface area contributed by atoms with Gasteiger partial charge in [0.15, 0.2) is 0 Å². The Hall–Kier alpha value is -2.14. The Kier molecular flexibility index (Phi) is 4.30. The molecule has 100 valence electrons. The Bertz CT molecular complexity index is 537. The van der Waals surface area contributed by atoms with Crippen LogP contribution in [0.1, 0.15) is 24.5 Å². The summed E-state index contributed by atoms with van der Waals surface area (Å²) < 4.78 is 5.49. The summed E-state index contributed by atoms with van der Waals surface area (Å²) in [6, 6.07) is 7.31. The summed E-state index contributed by atoms with van der Waals surface area (Å²) in [4.78, 5) is 15.6. The van der Waals surface area contributed by atoms with Gasteiger partial charge < -0.3 is 9.73 Å². The lowest BCUT2D eigenvalue weighted by Gasteiger charge is -2.11. The predicted octanol–water partition coefficient (Wildman–Crippen LogP) is 2.27. The number of furan rings is 1. The fourth-order valence-corrected chi connectivity index (χ4v) is 1.67. The molecule has 0 aliphatic carbocycles. The second-order valence-corrected chi connectivity index (χ2v) is 4.34. The number of aryl methyl sites for hydroxylation is 1. The van der Waals surface area contributed by atoms with E-state index in [9.17, 15) is 4.79 Å². The van der Waals surface area contributed by atoms with E-state index in [0.717, 1.165) is 17.2 Å². The molecule has 0 bridgehead atoms. The molecule has 5 heteroatoms. The van der Waals surface area contributed by atoms with Crippen molar-refractivity contribution in [1.82, 2.24) is 10.3 Å². The van der Waals surface area contributed by atoms with Gasteiger partial charge in [-0.1, -0.05) is 0 Å². The maximum Gasteiger partial charge on any atom is 0.238 e. The Morgan fingerprint density at radius 1 is 1.32 bits per heavy atom. The van der Waals surface area contributed by atoms with Crippen LogP contribution in [-0.4, -0.2) is 17.4 Å². The molecule has 0 aliphatic heterocycles. The van der Waals surface area contributed by atoms with Crippen molar-refractivity contribution in [3.63, 3.8) is 0 Å². The number of hydrogen-bond acceptors (Lipinski definition) is 4. The molecule has 0 fully saturated rings. The summed E-state index contributed by atoms with van der Waals surface area (Å²) in [7, 11) is 0. The van der Waals surface area contributed by atoms with Gasteiger partial charge in [-0.15, -0.1) is 0 Å². The molecular formula is C14H17N3O2. The van der Waals surface area contributed by atoms with Crippen molar-refractivity contribution >= 4 is 11.6 Å². The largest absolute Gasteiger partial charge is 0.465 e. The van der Waals surface area contributed by atoms with E-state index in [1.54, 1.807) is 24.5 Å². The van der Waals surface area contributed by atoms with Crippen molar-refractivity contribution in [1.29, 1.82) is 0 Å². The lowest BCUT2D eigenvalue weighted by Crippen LogP contribution is -2.29. The van der Waals surface area contributed by atoms with Gasteiger partial charge in [0.05, 0.1) is 12.6 Å². The molecule has 0 radical (unpaired) electrons. The molecule has 1 atom stereocenters. The summed E-state index contributed by atoms with van der Waals surface area (Å²) in [5.41, 5.74) is 0.739. The van der Waals surface area contributed by atoms with Crippen LogP contribution >= 0.6 is 0 Å². The zero-order valence-electron chi connectivity index (χ0n) is 11.0. The fourth-order valence-electron chi connectivity index (χ4n) is 1.67. The highest BCUT2D eigenvalue weighted by molar-refractivity contribution is 5.92. The lowest BCUT2D eigenvalue weighted by molar-refractivity contribution is -0.115. The minimum absolute atomic E-state index is 0.00288. The van der Waals surface area contributed by atoms with Gasteiger partial charge in [0.1, 0.15) is 11.5 Å². The summed E-state index contributed by atoms with van der Waals surface area (Å²) >= 11 is 0. The van der Waals surface area contributed by atoms with Gasteiger partial charge in [0.25, 0.3) is 0 Å². The average molecular weight is 259 g/mol. The zero-order chi connectivity index (χ0) is 13.7. The van der Waals surface area contributed by atoms with Gasteiger partial charge in [-0.25, -0.2) is 0 Å². The number of carbonyl (C=O) groups excluding carboxylic acids is 1. The van der Waals surface area contributed by atoms with E-state index in [2.05, 4.69) is 15.6 Å². The Balaban J connectivity index is 1.80. The molecule has 0 aliphatic rings. The van der Waals surface area contributed by atoms with Gasteiger partial charge in [-0.2, -0.15) is 0 Å². The van der Waals surface area contributed by atoms with Gasteiger partial charge in [-0.05, 0) is 38.1 Å². The summed E-state index contributed by atoms with van der Waals surface area (Å²) in [6.07, 6.45) is 3.27. The normalized spacial score (nSPS) is 12.1. The molecule has 0 saturated heterocycles. The van der Waals surface area contributed by atoms with E-state index in [1.807, 2.05) is 26.0 Å². The molecule has 1 amide bonds. The number of nitrogens with one attached hydrogen (secondary N) is 2. The lowest BCUT2D eigenvalue weighted by atomic mass is 10.2. The third-order valence-corrected chi connectivity index (χ3v) is 2.72. The highest BCUT2D eigenvalue weighted by Gasteiger charge is 2.10. The second-order valence-electron chi connectivity index (χ2n) is 4.34. The minimum Gasteiger partial charge on any atom is -0.465 e. The summed E-state index contributed by atoms with van der Waals surface area (Å²) in [5.74, 6) is 1.60. The SMILES string of the molecule is Cc1ccc([C@H](C)NCC(=O)Nc2ccncc2)o1. The number of carbonyl (C=O) groups is 1. The van der Waals surface area contributed by atoms with Crippen LogP contribution in [0.15, 0.2) is 41.1 Å². The Morgan fingerprint density at radius 3 is 2.68 bits per heavy atom. The maximum atomic E-state index is 11.7. The van der Waals surface area contributed by atoms with Gasteiger partial charge in [-0.3, -0.25) is 15.1 Å². The van der Waals surface area contributed by atoms with Crippen LogP contribution in [0.5, 0.6) is 0 Å². The molecular weight excluding hydrogens is 242 g/mol. The first kappa shape index (κ1) is 13.3. The molecule has 2 aromatic rings. The first-order chi connectivity index (χ1) is 9.15. The molecule has 2 rings (SSSR count). The summed E-state index contributed by atoms with van der Waals surface area (Å²) in [5, 5.41) is 5.89. The van der Waals surface area contributed by atoms with Crippen LogP contribution in [0.4, 0.5) is 5.69 Å². The number of pyridine rings is 1. The van der Waals surface area contributed by atoms with Crippen molar-refractivity contribution in [3.05, 3.63) is 48.2 Å². The van der Waals surface area contributed by atoms with E-state index < -0.39 is 0 Å². The third-order valence-electron chi connectivity index (χ3n) is 2.72. The van der Waals surface area contributed by atoms with E-state index in [4.69, 9.17) is 4.42 Å². The smallest absolute Gasteiger partial charge is 0.238 e. The molecule has 2 aromatic heterocycles. The number of nitrogens with zero attached hydrogens (tertiary/aromatic N) is 1. The quantitative estimate of drug-likeness (QED) is 0.864. The van der Waals surface area contributed by atoms with E-state index in [0.29, 0.717) is 0 Å². The molecule has 0 unspecified atom stereocenters. The zero-order valence-corrected chi connectivity index (χ0v) is 11.0. The molecule has 2 N–H and O–H groups in total. The van der Waals surface area contributed by atoms with E-state index in [1.165, 1.54) is 0 Å². The second kappa shape index (κ2) is 6.15. The van der Waals surface area contributed by atoms with Crippen LogP contribution in [0.3, 0.4) is 0 Å². The first-order valence-corrected chi connectivity index (χ1v) is 6.15. The predicted molar refractivity (Wildman–Crippen MR) is 72.7 cm³/mol. The molecule has 0 spiro atoms. The van der Waals surface area contributed by atoms with Crippen LogP contribution in [0.2, 0.25) is 0 Å². The summed E-state index contributed by atoms with van der Waals surface area (Å²) in [6.45, 7) is 4.08. The van der Waals surface area contributed by atoms with Crippen LogP contribution in [0.25, 0.3) is 0 Å². The molecule has 19 heavy (non-hydrogen) atoms. The van der Waals surface area contributed by atoms with Gasteiger partial charge in [0.2, 0.25) is 5.91 Å². The average Bonchev–Trinajstić information content (AvgIpc) is 2.84. The number of anilines is 1. The Labute approximate surface area is 112 Å². The molecule has 5 nitrogen and oxygen atoms in total. The number of hydrogen-bond donors (Lipinski definition) is 2. The highest BCUT2D eigenvalue weighted by Crippen LogP contribution is 2.15. The van der Waals surface area contributed by atoms with Crippen molar-refractivity contribution < 1.29 is 9.21 Å². The number of rotatable bonds is 5. The standard InChI is InChI=1S/C14H17N3O2/c1-10-3-4-13(19-10)11(2)16-9-14(18)17-12-5-7-15-8-6-12/h3-8,11,16H,9H2,1-2H3,(H,15,17,18)/t11-/m0/s1. The number of amides is 1. The van der Waals surface area contributed by atoms with Crippen molar-refractivity contribution in [2.75, 3.05) is 11.9 Å². The third kappa shape index (κ3) is 3.93. The minimum atomic E-state index is -0.0960. The van der Waals surface area contributed by atoms with Crippen LogP contribution in [0, 0.1) is 6.92 Å².